The number of rotatable bonds is 10. The molecule has 0 aromatic heterocycles. The first-order valence-corrected chi connectivity index (χ1v) is 9.47. The van der Waals surface area contributed by atoms with Crippen molar-refractivity contribution in [2.24, 2.45) is 11.7 Å². The van der Waals surface area contributed by atoms with Gasteiger partial charge in [-0.3, -0.25) is 19.3 Å². The van der Waals surface area contributed by atoms with Crippen LogP contribution in [-0.2, 0) is 20.8 Å². The molecule has 0 fully saturated rings. The Morgan fingerprint density at radius 2 is 1.63 bits per heavy atom. The van der Waals surface area contributed by atoms with Gasteiger partial charge in [0.1, 0.15) is 0 Å². The monoisotopic (exact) mass is 376 g/mol. The lowest BCUT2D eigenvalue weighted by Crippen LogP contribution is -2.46. The van der Waals surface area contributed by atoms with Crippen LogP contribution in [0.3, 0.4) is 0 Å². The minimum absolute atomic E-state index is 0.136. The summed E-state index contributed by atoms with van der Waals surface area (Å²) in [5.74, 6) is -1.28. The Labute approximate surface area is 161 Å². The highest BCUT2D eigenvalue weighted by Crippen LogP contribution is 2.12. The highest BCUT2D eigenvalue weighted by atomic mass is 16.2. The molecule has 1 aromatic carbocycles. The van der Waals surface area contributed by atoms with Crippen LogP contribution in [0.4, 0.5) is 5.69 Å². The van der Waals surface area contributed by atoms with Crippen molar-refractivity contribution in [1.29, 1.82) is 0 Å². The second-order valence-corrected chi connectivity index (χ2v) is 7.01. The number of hydrogen-bond donors (Lipinski definition) is 3. The second kappa shape index (κ2) is 11.3. The number of hydrogen-bond acceptors (Lipinski definition) is 4. The first kappa shape index (κ1) is 22.6. The van der Waals surface area contributed by atoms with Gasteiger partial charge in [0.05, 0.1) is 6.42 Å². The van der Waals surface area contributed by atoms with Crippen LogP contribution in [0.1, 0.15) is 39.7 Å². The molecule has 0 spiro atoms. The Kier molecular flexibility index (Phi) is 9.50. The quantitative estimate of drug-likeness (QED) is 0.539. The SMILES string of the molecule is CCN(CC)C(CNC(=O)C(=O)Nc1ccc(CC(N)=O)cc1)CC(C)C. The van der Waals surface area contributed by atoms with Gasteiger partial charge in [-0.1, -0.05) is 39.8 Å². The summed E-state index contributed by atoms with van der Waals surface area (Å²) in [5, 5.41) is 5.30. The third-order valence-corrected chi connectivity index (χ3v) is 4.37. The normalized spacial score (nSPS) is 12.1. The number of benzene rings is 1. The van der Waals surface area contributed by atoms with Crippen molar-refractivity contribution in [2.75, 3.05) is 25.0 Å². The zero-order chi connectivity index (χ0) is 20.4. The highest BCUT2D eigenvalue weighted by Gasteiger charge is 2.20. The molecule has 1 rings (SSSR count). The number of primary amides is 1. The molecule has 150 valence electrons. The van der Waals surface area contributed by atoms with Crippen LogP contribution in [0.5, 0.6) is 0 Å². The fourth-order valence-corrected chi connectivity index (χ4v) is 3.03. The predicted octanol–water partition coefficient (Wildman–Crippen LogP) is 1.53. The van der Waals surface area contributed by atoms with Gasteiger partial charge >= 0.3 is 11.8 Å². The molecule has 3 amide bonds. The van der Waals surface area contributed by atoms with Gasteiger partial charge in [0.25, 0.3) is 0 Å². The molecule has 7 nitrogen and oxygen atoms in total. The molecule has 1 aromatic rings. The highest BCUT2D eigenvalue weighted by molar-refractivity contribution is 6.39. The number of likely N-dealkylation sites (N-methyl/N-ethyl adjacent to an activating group) is 1. The summed E-state index contributed by atoms with van der Waals surface area (Å²) in [4.78, 5) is 37.4. The molecular weight excluding hydrogens is 344 g/mol. The van der Waals surface area contributed by atoms with E-state index in [4.69, 9.17) is 5.73 Å². The Morgan fingerprint density at radius 1 is 1.04 bits per heavy atom. The van der Waals surface area contributed by atoms with E-state index in [-0.39, 0.29) is 12.5 Å². The molecule has 0 aliphatic heterocycles. The lowest BCUT2D eigenvalue weighted by atomic mass is 10.0. The third kappa shape index (κ3) is 8.21. The van der Waals surface area contributed by atoms with E-state index in [0.717, 1.165) is 25.1 Å². The van der Waals surface area contributed by atoms with Gasteiger partial charge in [0.15, 0.2) is 0 Å². The average Bonchev–Trinajstić information content (AvgIpc) is 2.61. The number of carbonyl (C=O) groups is 3. The zero-order valence-electron chi connectivity index (χ0n) is 16.7. The molecule has 0 saturated heterocycles. The fraction of sp³-hybridized carbons (Fsp3) is 0.550. The second-order valence-electron chi connectivity index (χ2n) is 7.01. The van der Waals surface area contributed by atoms with E-state index >= 15 is 0 Å². The zero-order valence-corrected chi connectivity index (χ0v) is 16.7. The number of nitrogens with one attached hydrogen (secondary N) is 2. The molecule has 0 bridgehead atoms. The van der Waals surface area contributed by atoms with E-state index in [9.17, 15) is 14.4 Å². The Bertz CT molecular complexity index is 625. The topological polar surface area (TPSA) is 105 Å². The Morgan fingerprint density at radius 3 is 2.11 bits per heavy atom. The molecular formula is C20H32N4O3. The number of carbonyl (C=O) groups excluding carboxylic acids is 3. The Balaban J connectivity index is 2.59. The van der Waals surface area contributed by atoms with Crippen LogP contribution in [-0.4, -0.2) is 48.3 Å². The summed E-state index contributed by atoms with van der Waals surface area (Å²) in [6.45, 7) is 10.7. The number of anilines is 1. The van der Waals surface area contributed by atoms with Gasteiger partial charge in [-0.2, -0.15) is 0 Å². The molecule has 4 N–H and O–H groups in total. The van der Waals surface area contributed by atoms with Crippen molar-refractivity contribution in [3.63, 3.8) is 0 Å². The van der Waals surface area contributed by atoms with Crippen molar-refractivity contribution < 1.29 is 14.4 Å². The number of nitrogens with zero attached hydrogens (tertiary/aromatic N) is 1. The molecule has 0 heterocycles. The van der Waals surface area contributed by atoms with E-state index in [1.54, 1.807) is 24.3 Å². The van der Waals surface area contributed by atoms with Crippen LogP contribution in [0.15, 0.2) is 24.3 Å². The Hall–Kier alpha value is -2.41. The summed E-state index contributed by atoms with van der Waals surface area (Å²) in [5.41, 5.74) is 6.39. The van der Waals surface area contributed by atoms with E-state index in [1.807, 2.05) is 0 Å². The van der Waals surface area contributed by atoms with Crippen LogP contribution in [0.2, 0.25) is 0 Å². The van der Waals surface area contributed by atoms with E-state index < -0.39 is 17.7 Å². The average molecular weight is 377 g/mol. The van der Waals surface area contributed by atoms with Gasteiger partial charge < -0.3 is 16.4 Å². The molecule has 27 heavy (non-hydrogen) atoms. The predicted molar refractivity (Wildman–Crippen MR) is 107 cm³/mol. The summed E-state index contributed by atoms with van der Waals surface area (Å²) in [7, 11) is 0. The smallest absolute Gasteiger partial charge is 0.313 e. The van der Waals surface area contributed by atoms with Gasteiger partial charge in [0, 0.05) is 18.3 Å². The van der Waals surface area contributed by atoms with Gasteiger partial charge in [0.2, 0.25) is 5.91 Å². The van der Waals surface area contributed by atoms with Crippen LogP contribution in [0.25, 0.3) is 0 Å². The van der Waals surface area contributed by atoms with E-state index in [0.29, 0.717) is 18.2 Å². The summed E-state index contributed by atoms with van der Waals surface area (Å²) in [6, 6.07) is 6.86. The maximum absolute atomic E-state index is 12.1. The van der Waals surface area contributed by atoms with Crippen molar-refractivity contribution in [3.05, 3.63) is 29.8 Å². The molecule has 0 radical (unpaired) electrons. The van der Waals surface area contributed by atoms with Gasteiger partial charge in [-0.15, -0.1) is 0 Å². The van der Waals surface area contributed by atoms with Crippen LogP contribution >= 0.6 is 0 Å². The lowest BCUT2D eigenvalue weighted by molar-refractivity contribution is -0.136. The standard InChI is InChI=1S/C20H32N4O3/c1-5-24(6-2)17(11-14(3)4)13-22-19(26)20(27)23-16-9-7-15(8-10-16)12-18(21)25/h7-10,14,17H,5-6,11-13H2,1-4H3,(H2,21,25)(H,22,26)(H,23,27). The molecule has 0 saturated carbocycles. The minimum atomic E-state index is -0.708. The largest absolute Gasteiger partial charge is 0.369 e. The van der Waals surface area contributed by atoms with Gasteiger partial charge in [-0.05, 0) is 43.1 Å². The third-order valence-electron chi connectivity index (χ3n) is 4.37. The van der Waals surface area contributed by atoms with Crippen molar-refractivity contribution in [2.45, 2.75) is 46.6 Å². The van der Waals surface area contributed by atoms with E-state index in [1.165, 1.54) is 0 Å². The summed E-state index contributed by atoms with van der Waals surface area (Å²) >= 11 is 0. The maximum Gasteiger partial charge on any atom is 0.313 e. The molecule has 0 aliphatic rings. The summed E-state index contributed by atoms with van der Waals surface area (Å²) in [6.07, 6.45) is 1.09. The fourth-order valence-electron chi connectivity index (χ4n) is 3.03. The molecule has 1 atom stereocenters. The molecule has 1 unspecified atom stereocenters. The van der Waals surface area contributed by atoms with Crippen LogP contribution in [0, 0.1) is 5.92 Å². The first-order chi connectivity index (χ1) is 12.8. The van der Waals surface area contributed by atoms with E-state index in [2.05, 4.69) is 43.2 Å². The van der Waals surface area contributed by atoms with Crippen molar-refractivity contribution in [3.8, 4) is 0 Å². The van der Waals surface area contributed by atoms with Crippen molar-refractivity contribution in [1.82, 2.24) is 10.2 Å². The van der Waals surface area contributed by atoms with Crippen LogP contribution < -0.4 is 16.4 Å². The van der Waals surface area contributed by atoms with Gasteiger partial charge in [-0.25, -0.2) is 0 Å². The van der Waals surface area contributed by atoms with Crippen molar-refractivity contribution >= 4 is 23.4 Å². The molecule has 0 aliphatic carbocycles. The number of amides is 3. The first-order valence-electron chi connectivity index (χ1n) is 9.47. The number of nitrogens with two attached hydrogens (primary N) is 1. The summed E-state index contributed by atoms with van der Waals surface area (Å²) < 4.78 is 0. The maximum atomic E-state index is 12.1. The molecule has 7 heteroatoms. The minimum Gasteiger partial charge on any atom is -0.369 e. The lowest BCUT2D eigenvalue weighted by Gasteiger charge is -2.31.